The summed E-state index contributed by atoms with van der Waals surface area (Å²) < 4.78 is 0. The van der Waals surface area contributed by atoms with Crippen LogP contribution in [0.5, 0.6) is 103 Å². The predicted molar refractivity (Wildman–Crippen MR) is 273 cm³/mol. The lowest BCUT2D eigenvalue weighted by Gasteiger charge is -2.30. The SMILES string of the molecule is Oc1c(O)c(O)c(-c2c(O)c(O)c(N(c3ccc4c(ccc5cc(-c6cc(-c7ccccc7)cc(-c7ccccc7)c6)ccc54)c3)c3c(O)c(O)c(-c4c(O)c(O)c(O)c(O)c4O)c(O)c3O)c(O)c2O)c(O)c1O. The van der Waals surface area contributed by atoms with Gasteiger partial charge in [-0.2, -0.15) is 0 Å². The number of hydrogen-bond acceptors (Lipinski definition) is 19. The Kier molecular flexibility index (Phi) is 11.0. The highest BCUT2D eigenvalue weighted by Gasteiger charge is 2.39. The topological polar surface area (TPSA) is 367 Å². The maximum absolute atomic E-state index is 11.8. The molecule has 376 valence electrons. The molecule has 0 aliphatic heterocycles. The average molecular weight is 1010 g/mol. The number of phenolic OH excluding ortho intramolecular Hbond substituents is 18. The van der Waals surface area contributed by atoms with Gasteiger partial charge in [-0.1, -0.05) is 91.0 Å². The van der Waals surface area contributed by atoms with E-state index >= 15 is 0 Å². The monoisotopic (exact) mass is 1010 g/mol. The van der Waals surface area contributed by atoms with Gasteiger partial charge < -0.3 is 91.9 Å². The summed E-state index contributed by atoms with van der Waals surface area (Å²) in [5.41, 5.74) is -2.09. The molecule has 18 N–H and O–H groups in total. The van der Waals surface area contributed by atoms with Gasteiger partial charge in [0.1, 0.15) is 11.4 Å². The molecule has 75 heavy (non-hydrogen) atoms. The average Bonchev–Trinajstić information content (AvgIpc) is 3.43. The predicted octanol–water partition coefficient (Wildman–Crippen LogP) is 10.5. The Morgan fingerprint density at radius 2 is 0.507 bits per heavy atom. The number of rotatable bonds is 8. The Morgan fingerprint density at radius 1 is 0.213 bits per heavy atom. The van der Waals surface area contributed by atoms with Crippen molar-refractivity contribution in [2.24, 2.45) is 0 Å². The molecule has 0 saturated heterocycles. The van der Waals surface area contributed by atoms with Crippen LogP contribution in [0.1, 0.15) is 0 Å². The molecule has 10 aromatic carbocycles. The first-order chi connectivity index (χ1) is 35.7. The van der Waals surface area contributed by atoms with E-state index in [1.807, 2.05) is 78.9 Å². The molecule has 19 nitrogen and oxygen atoms in total. The first-order valence-electron chi connectivity index (χ1n) is 22.1. The summed E-state index contributed by atoms with van der Waals surface area (Å²) in [6.45, 7) is 0. The minimum absolute atomic E-state index is 0.338. The van der Waals surface area contributed by atoms with Crippen molar-refractivity contribution in [3.63, 3.8) is 0 Å². The number of nitrogens with zero attached hydrogens (tertiary/aromatic N) is 1. The summed E-state index contributed by atoms with van der Waals surface area (Å²) in [6.07, 6.45) is 0. The van der Waals surface area contributed by atoms with Crippen LogP contribution in [0.3, 0.4) is 0 Å². The molecule has 0 bridgehead atoms. The Balaban J connectivity index is 1.19. The summed E-state index contributed by atoms with van der Waals surface area (Å²) in [5.74, 6) is -27.3. The fourth-order valence-electron chi connectivity index (χ4n) is 9.25. The van der Waals surface area contributed by atoms with Gasteiger partial charge in [-0.25, -0.2) is 0 Å². The molecule has 0 spiro atoms. The zero-order valence-electron chi connectivity index (χ0n) is 38.1. The molecule has 19 heteroatoms. The summed E-state index contributed by atoms with van der Waals surface area (Å²) in [4.78, 5) is 0.482. The third kappa shape index (κ3) is 7.21. The lowest BCUT2D eigenvalue weighted by atomic mass is 9.92. The molecular formula is C56H39NO18. The van der Waals surface area contributed by atoms with E-state index in [0.717, 1.165) is 38.8 Å². The number of hydrogen-bond donors (Lipinski definition) is 18. The summed E-state index contributed by atoms with van der Waals surface area (Å²) in [6, 6.07) is 39.3. The molecule has 0 atom stereocenters. The van der Waals surface area contributed by atoms with Crippen molar-refractivity contribution < 1.29 is 91.9 Å². The Labute approximate surface area is 420 Å². The maximum atomic E-state index is 11.8. The van der Waals surface area contributed by atoms with Gasteiger partial charge in [0, 0.05) is 5.69 Å². The fourth-order valence-corrected chi connectivity index (χ4v) is 9.25. The fraction of sp³-hybridized carbons (Fsp3) is 0. The van der Waals surface area contributed by atoms with Crippen molar-refractivity contribution >= 4 is 38.6 Å². The molecule has 0 amide bonds. The van der Waals surface area contributed by atoms with Gasteiger partial charge in [0.2, 0.25) is 34.5 Å². The highest BCUT2D eigenvalue weighted by atomic mass is 16.4. The lowest BCUT2D eigenvalue weighted by Crippen LogP contribution is -2.12. The molecule has 0 fully saturated rings. The van der Waals surface area contributed by atoms with Gasteiger partial charge in [-0.05, 0) is 91.3 Å². The van der Waals surface area contributed by atoms with Gasteiger partial charge in [0.05, 0.1) is 22.3 Å². The minimum Gasteiger partial charge on any atom is -0.504 e. The van der Waals surface area contributed by atoms with Crippen molar-refractivity contribution in [3.05, 3.63) is 127 Å². The number of phenols is 18. The van der Waals surface area contributed by atoms with Gasteiger partial charge in [-0.15, -0.1) is 0 Å². The standard InChI is InChI=1S/C56H39NO18/c58-39-33(35-43(62)51(70)55(74)52(71)44(35)63)40(59)48(67)37(47(39)66)57(38-49(68)41(60)34(42(61)50(38)69)36-45(64)53(72)56(75)54(73)46(36)65)30-14-16-32-26(21-30)12-11-25-17-24(13-15-31(25)32)29-19-27(22-7-3-1-4-8-22)18-28(20-29)23-9-5-2-6-10-23/h1-21,58-75H. The van der Waals surface area contributed by atoms with Crippen LogP contribution < -0.4 is 4.90 Å². The van der Waals surface area contributed by atoms with Crippen LogP contribution in [0.25, 0.3) is 77.2 Å². The van der Waals surface area contributed by atoms with Crippen molar-refractivity contribution in [2.45, 2.75) is 0 Å². The second-order valence-corrected chi connectivity index (χ2v) is 17.2. The third-order valence-electron chi connectivity index (χ3n) is 13.0. The van der Waals surface area contributed by atoms with Crippen LogP contribution in [-0.4, -0.2) is 91.9 Å². The third-order valence-corrected chi connectivity index (χ3v) is 13.0. The van der Waals surface area contributed by atoms with Gasteiger partial charge >= 0.3 is 0 Å². The molecule has 0 aromatic heterocycles. The summed E-state index contributed by atoms with van der Waals surface area (Å²) in [5, 5.41) is 200. The van der Waals surface area contributed by atoms with E-state index < -0.39 is 137 Å². The Hall–Kier alpha value is -11.1. The van der Waals surface area contributed by atoms with Crippen LogP contribution in [-0.2, 0) is 0 Å². The zero-order valence-corrected chi connectivity index (χ0v) is 38.1. The van der Waals surface area contributed by atoms with E-state index in [4.69, 9.17) is 0 Å². The largest absolute Gasteiger partial charge is 0.504 e. The van der Waals surface area contributed by atoms with Crippen molar-refractivity contribution in [1.29, 1.82) is 0 Å². The maximum Gasteiger partial charge on any atom is 0.208 e. The van der Waals surface area contributed by atoms with E-state index in [1.165, 1.54) is 18.2 Å². The van der Waals surface area contributed by atoms with E-state index in [-0.39, 0.29) is 5.69 Å². The normalized spacial score (nSPS) is 11.4. The molecule has 0 saturated carbocycles. The van der Waals surface area contributed by atoms with Crippen LogP contribution in [0.2, 0.25) is 0 Å². The second-order valence-electron chi connectivity index (χ2n) is 17.2. The number of anilines is 3. The summed E-state index contributed by atoms with van der Waals surface area (Å²) >= 11 is 0. The molecule has 0 aliphatic rings. The highest BCUT2D eigenvalue weighted by Crippen LogP contribution is 2.68. The molecule has 0 heterocycles. The van der Waals surface area contributed by atoms with Gasteiger partial charge in [-0.3, -0.25) is 4.90 Å². The van der Waals surface area contributed by atoms with Gasteiger partial charge in [0.25, 0.3) is 0 Å². The van der Waals surface area contributed by atoms with Crippen LogP contribution in [0.4, 0.5) is 17.1 Å². The van der Waals surface area contributed by atoms with Crippen molar-refractivity contribution in [1.82, 2.24) is 0 Å². The van der Waals surface area contributed by atoms with E-state index in [9.17, 15) is 91.9 Å². The Morgan fingerprint density at radius 3 is 0.867 bits per heavy atom. The second kappa shape index (κ2) is 17.3. The molecule has 10 rings (SSSR count). The first-order valence-corrected chi connectivity index (χ1v) is 22.1. The first kappa shape index (κ1) is 47.6. The summed E-state index contributed by atoms with van der Waals surface area (Å²) in [7, 11) is 0. The van der Waals surface area contributed by atoms with Crippen LogP contribution >= 0.6 is 0 Å². The van der Waals surface area contributed by atoms with E-state index in [0.29, 0.717) is 21.1 Å². The van der Waals surface area contributed by atoms with Crippen molar-refractivity contribution in [3.8, 4) is 159 Å². The van der Waals surface area contributed by atoms with Crippen LogP contribution in [0, 0.1) is 0 Å². The van der Waals surface area contributed by atoms with Gasteiger partial charge in [0.15, 0.2) is 69.0 Å². The molecule has 0 radical (unpaired) electrons. The molecule has 0 aliphatic carbocycles. The lowest BCUT2D eigenvalue weighted by molar-refractivity contribution is 0.329. The number of benzene rings is 10. The van der Waals surface area contributed by atoms with Crippen LogP contribution in [0.15, 0.2) is 127 Å². The smallest absolute Gasteiger partial charge is 0.208 e. The van der Waals surface area contributed by atoms with E-state index in [1.54, 1.807) is 12.1 Å². The molecule has 10 aromatic rings. The number of fused-ring (bicyclic) bond motifs is 3. The Bertz CT molecular complexity index is 3740. The quantitative estimate of drug-likeness (QED) is 0.0382. The highest BCUT2D eigenvalue weighted by molar-refractivity contribution is 6.11. The minimum atomic E-state index is -1.57. The molecule has 0 unspecified atom stereocenters. The zero-order chi connectivity index (χ0) is 53.6. The van der Waals surface area contributed by atoms with E-state index in [2.05, 4.69) is 18.2 Å². The molecular weight excluding hydrogens is 975 g/mol. The van der Waals surface area contributed by atoms with Crippen molar-refractivity contribution in [2.75, 3.05) is 4.90 Å². The number of aromatic hydroxyl groups is 18.